The monoisotopic (exact) mass is 284 g/mol. The number of hydrogen-bond donors (Lipinski definition) is 3. The Labute approximate surface area is 124 Å². The van der Waals surface area contributed by atoms with E-state index in [4.69, 9.17) is 5.84 Å². The van der Waals surface area contributed by atoms with E-state index in [1.54, 1.807) is 6.07 Å². The van der Waals surface area contributed by atoms with E-state index >= 15 is 0 Å². The van der Waals surface area contributed by atoms with Crippen LogP contribution in [0.1, 0.15) is 32.7 Å². The number of carbonyl (C=O) groups is 1. The molecule has 0 spiro atoms. The third kappa shape index (κ3) is 3.20. The van der Waals surface area contributed by atoms with Crippen molar-refractivity contribution < 1.29 is 4.79 Å². The molecule has 5 heteroatoms. The Balaban J connectivity index is 2.35. The van der Waals surface area contributed by atoms with Crippen LogP contribution in [-0.2, 0) is 0 Å². The molecule has 5 nitrogen and oxygen atoms in total. The highest BCUT2D eigenvalue weighted by atomic mass is 16.1. The second-order valence-corrected chi connectivity index (χ2v) is 5.24. The predicted molar refractivity (Wildman–Crippen MR) is 85.4 cm³/mol. The molecular formula is C16H20N4O. The van der Waals surface area contributed by atoms with Gasteiger partial charge in [-0.1, -0.05) is 17.7 Å². The molecule has 0 bridgehead atoms. The summed E-state index contributed by atoms with van der Waals surface area (Å²) >= 11 is 0. The average Bonchev–Trinajstić information content (AvgIpc) is 2.42. The van der Waals surface area contributed by atoms with Crippen molar-refractivity contribution in [2.24, 2.45) is 5.84 Å². The second kappa shape index (κ2) is 5.93. The summed E-state index contributed by atoms with van der Waals surface area (Å²) in [6.45, 7) is 7.83. The Morgan fingerprint density at radius 2 is 1.71 bits per heavy atom. The highest BCUT2D eigenvalue weighted by Crippen LogP contribution is 2.24. The van der Waals surface area contributed by atoms with Gasteiger partial charge in [0.05, 0.1) is 11.3 Å². The molecule has 1 heterocycles. The van der Waals surface area contributed by atoms with Gasteiger partial charge in [-0.15, -0.1) is 0 Å². The molecule has 21 heavy (non-hydrogen) atoms. The molecule has 0 saturated carbocycles. The van der Waals surface area contributed by atoms with Crippen molar-refractivity contribution in [1.82, 2.24) is 4.98 Å². The molecule has 0 aliphatic heterocycles. The van der Waals surface area contributed by atoms with Crippen LogP contribution in [0.15, 0.2) is 24.4 Å². The number of carbonyl (C=O) groups excluding carboxylic acids is 1. The quantitative estimate of drug-likeness (QED) is 0.598. The Hall–Kier alpha value is -2.40. The zero-order valence-corrected chi connectivity index (χ0v) is 12.7. The topological polar surface area (TPSA) is 80.0 Å². The maximum absolute atomic E-state index is 12.4. The Bertz CT molecular complexity index is 672. The van der Waals surface area contributed by atoms with Gasteiger partial charge in [-0.3, -0.25) is 15.6 Å². The molecule has 1 amide bonds. The number of rotatable bonds is 3. The lowest BCUT2D eigenvalue weighted by molar-refractivity contribution is 0.102. The molecule has 0 radical (unpaired) electrons. The third-order valence-electron chi connectivity index (χ3n) is 3.36. The molecule has 2 aromatic rings. The van der Waals surface area contributed by atoms with Crippen molar-refractivity contribution in [3.8, 4) is 0 Å². The van der Waals surface area contributed by atoms with Gasteiger partial charge in [0.1, 0.15) is 0 Å². The SMILES string of the molecule is Cc1cc(C)c(NC(=O)c2cnc(C)cc2NN)c(C)c1. The van der Waals surface area contributed by atoms with Crippen LogP contribution in [0.2, 0.25) is 0 Å². The number of nitrogens with one attached hydrogen (secondary N) is 2. The first-order valence-electron chi connectivity index (χ1n) is 6.75. The average molecular weight is 284 g/mol. The van der Waals surface area contributed by atoms with Gasteiger partial charge in [0.15, 0.2) is 0 Å². The van der Waals surface area contributed by atoms with E-state index < -0.39 is 0 Å². The van der Waals surface area contributed by atoms with Crippen molar-refractivity contribution in [2.75, 3.05) is 10.7 Å². The fraction of sp³-hybridized carbons (Fsp3) is 0.250. The maximum Gasteiger partial charge on any atom is 0.259 e. The first kappa shape index (κ1) is 15.0. The van der Waals surface area contributed by atoms with Crippen LogP contribution in [0.25, 0.3) is 0 Å². The lowest BCUT2D eigenvalue weighted by atomic mass is 10.0. The van der Waals surface area contributed by atoms with E-state index in [1.807, 2.05) is 39.8 Å². The number of anilines is 2. The first-order chi connectivity index (χ1) is 9.92. The summed E-state index contributed by atoms with van der Waals surface area (Å²) in [5, 5.41) is 2.94. The van der Waals surface area contributed by atoms with Crippen LogP contribution in [0.5, 0.6) is 0 Å². The number of aryl methyl sites for hydroxylation is 4. The van der Waals surface area contributed by atoms with Crippen molar-refractivity contribution in [3.63, 3.8) is 0 Å². The van der Waals surface area contributed by atoms with Crippen molar-refractivity contribution in [2.45, 2.75) is 27.7 Å². The van der Waals surface area contributed by atoms with Crippen molar-refractivity contribution in [1.29, 1.82) is 0 Å². The minimum absolute atomic E-state index is 0.231. The summed E-state index contributed by atoms with van der Waals surface area (Å²) in [5.41, 5.74) is 8.37. The zero-order valence-electron chi connectivity index (χ0n) is 12.7. The van der Waals surface area contributed by atoms with Gasteiger partial charge in [-0.25, -0.2) is 0 Å². The van der Waals surface area contributed by atoms with Gasteiger partial charge in [0, 0.05) is 17.6 Å². The summed E-state index contributed by atoms with van der Waals surface area (Å²) in [6.07, 6.45) is 1.53. The lowest BCUT2D eigenvalue weighted by Crippen LogP contribution is -2.19. The van der Waals surface area contributed by atoms with Crippen molar-refractivity contribution in [3.05, 3.63) is 52.3 Å². The van der Waals surface area contributed by atoms with Crippen LogP contribution in [0, 0.1) is 27.7 Å². The number of nitrogen functional groups attached to an aromatic ring is 1. The predicted octanol–water partition coefficient (Wildman–Crippen LogP) is 2.85. The largest absolute Gasteiger partial charge is 0.323 e. The van der Waals surface area contributed by atoms with Crippen LogP contribution in [0.3, 0.4) is 0 Å². The number of amides is 1. The molecule has 0 atom stereocenters. The molecule has 110 valence electrons. The fourth-order valence-electron chi connectivity index (χ4n) is 2.42. The molecule has 1 aromatic heterocycles. The molecule has 0 fully saturated rings. The van der Waals surface area contributed by atoms with E-state index in [9.17, 15) is 4.79 Å². The molecule has 0 aliphatic carbocycles. The van der Waals surface area contributed by atoms with Crippen molar-refractivity contribution >= 4 is 17.3 Å². The Morgan fingerprint density at radius 3 is 2.29 bits per heavy atom. The highest BCUT2D eigenvalue weighted by molar-refractivity contribution is 6.08. The fourth-order valence-corrected chi connectivity index (χ4v) is 2.42. The van der Waals surface area contributed by atoms with E-state index in [1.165, 1.54) is 11.8 Å². The van der Waals surface area contributed by atoms with Gasteiger partial charge < -0.3 is 10.7 Å². The van der Waals surface area contributed by atoms with Gasteiger partial charge in [0.25, 0.3) is 5.91 Å². The van der Waals surface area contributed by atoms with Gasteiger partial charge in [0.2, 0.25) is 0 Å². The summed E-state index contributed by atoms with van der Waals surface area (Å²) in [6, 6.07) is 5.82. The van der Waals surface area contributed by atoms with Gasteiger partial charge >= 0.3 is 0 Å². The summed E-state index contributed by atoms with van der Waals surface area (Å²) in [4.78, 5) is 16.6. The molecule has 0 saturated heterocycles. The molecule has 1 aromatic carbocycles. The highest BCUT2D eigenvalue weighted by Gasteiger charge is 2.14. The Morgan fingerprint density at radius 1 is 1.10 bits per heavy atom. The number of nitrogens with two attached hydrogens (primary N) is 1. The number of pyridine rings is 1. The van der Waals surface area contributed by atoms with E-state index in [-0.39, 0.29) is 5.91 Å². The standard InChI is InChI=1S/C16H20N4O/c1-9-5-10(2)15(11(3)6-9)19-16(21)13-8-18-12(4)7-14(13)20-17/h5-8H,17H2,1-4H3,(H,18,20)(H,19,21). The molecule has 2 rings (SSSR count). The second-order valence-electron chi connectivity index (χ2n) is 5.24. The zero-order chi connectivity index (χ0) is 15.6. The molecular weight excluding hydrogens is 264 g/mol. The number of hydrazine groups is 1. The van der Waals surface area contributed by atoms with E-state index in [2.05, 4.69) is 15.7 Å². The summed E-state index contributed by atoms with van der Waals surface area (Å²) < 4.78 is 0. The van der Waals surface area contributed by atoms with Crippen LogP contribution < -0.4 is 16.6 Å². The first-order valence-corrected chi connectivity index (χ1v) is 6.75. The summed E-state index contributed by atoms with van der Waals surface area (Å²) in [7, 11) is 0. The number of aromatic nitrogens is 1. The van der Waals surface area contributed by atoms with Crippen LogP contribution >= 0.6 is 0 Å². The third-order valence-corrected chi connectivity index (χ3v) is 3.36. The molecule has 0 aliphatic rings. The van der Waals surface area contributed by atoms with Crippen LogP contribution in [-0.4, -0.2) is 10.9 Å². The lowest BCUT2D eigenvalue weighted by Gasteiger charge is -2.14. The smallest absolute Gasteiger partial charge is 0.259 e. The van der Waals surface area contributed by atoms with Crippen LogP contribution in [0.4, 0.5) is 11.4 Å². The minimum Gasteiger partial charge on any atom is -0.323 e. The molecule has 4 N–H and O–H groups in total. The number of benzene rings is 1. The molecule has 0 unspecified atom stereocenters. The normalized spacial score (nSPS) is 10.3. The van der Waals surface area contributed by atoms with E-state index in [0.29, 0.717) is 11.3 Å². The Kier molecular flexibility index (Phi) is 4.23. The number of hydrogen-bond acceptors (Lipinski definition) is 4. The summed E-state index contributed by atoms with van der Waals surface area (Å²) in [5.74, 6) is 5.24. The van der Waals surface area contributed by atoms with E-state index in [0.717, 1.165) is 22.5 Å². The maximum atomic E-state index is 12.4. The van der Waals surface area contributed by atoms with Gasteiger partial charge in [-0.2, -0.15) is 0 Å². The minimum atomic E-state index is -0.231. The van der Waals surface area contributed by atoms with Gasteiger partial charge in [-0.05, 0) is 44.9 Å². The number of nitrogens with zero attached hydrogens (tertiary/aromatic N) is 1.